The van der Waals surface area contributed by atoms with Crippen LogP contribution in [-0.4, -0.2) is 47.3 Å². The molecule has 4 atom stereocenters. The van der Waals surface area contributed by atoms with Crippen molar-refractivity contribution < 1.29 is 14.6 Å². The fraction of sp³-hybridized carbons (Fsp3) is 0.923. The molecule has 17 heavy (non-hydrogen) atoms. The Morgan fingerprint density at radius 3 is 2.76 bits per heavy atom. The summed E-state index contributed by atoms with van der Waals surface area (Å²) in [6.45, 7) is 5.33. The van der Waals surface area contributed by atoms with Crippen LogP contribution in [0.4, 0.5) is 0 Å². The second-order valence-corrected chi connectivity index (χ2v) is 5.44. The molecule has 2 heterocycles. The molecule has 2 rings (SSSR count). The molecule has 98 valence electrons. The summed E-state index contributed by atoms with van der Waals surface area (Å²) in [5, 5.41) is 9.61. The third-order valence-corrected chi connectivity index (χ3v) is 3.96. The van der Waals surface area contributed by atoms with E-state index in [-0.39, 0.29) is 30.1 Å². The highest BCUT2D eigenvalue weighted by Crippen LogP contribution is 2.25. The van der Waals surface area contributed by atoms with Crippen molar-refractivity contribution in [2.75, 3.05) is 13.1 Å². The molecule has 4 unspecified atom stereocenters. The standard InChI is InChI=1S/C13H23NO3/c1-9-5-6-12(17-9)13(16)14-7-3-4-11(8-14)10(2)15/h9-12,15H,3-8H2,1-2H3. The highest BCUT2D eigenvalue weighted by Gasteiger charge is 2.34. The summed E-state index contributed by atoms with van der Waals surface area (Å²) in [4.78, 5) is 14.1. The summed E-state index contributed by atoms with van der Waals surface area (Å²) in [6, 6.07) is 0. The van der Waals surface area contributed by atoms with Crippen LogP contribution >= 0.6 is 0 Å². The highest BCUT2D eigenvalue weighted by atomic mass is 16.5. The summed E-state index contributed by atoms with van der Waals surface area (Å²) in [7, 11) is 0. The molecular formula is C13H23NO3. The smallest absolute Gasteiger partial charge is 0.251 e. The minimum Gasteiger partial charge on any atom is -0.393 e. The topological polar surface area (TPSA) is 49.8 Å². The molecule has 2 fully saturated rings. The number of nitrogens with zero attached hydrogens (tertiary/aromatic N) is 1. The van der Waals surface area contributed by atoms with Gasteiger partial charge in [0.2, 0.25) is 0 Å². The first kappa shape index (κ1) is 12.8. The van der Waals surface area contributed by atoms with E-state index in [4.69, 9.17) is 4.74 Å². The van der Waals surface area contributed by atoms with Crippen molar-refractivity contribution >= 4 is 5.91 Å². The van der Waals surface area contributed by atoms with E-state index >= 15 is 0 Å². The van der Waals surface area contributed by atoms with E-state index in [1.54, 1.807) is 0 Å². The Bertz CT molecular complexity index is 280. The molecule has 0 saturated carbocycles. The average molecular weight is 241 g/mol. The molecule has 1 amide bonds. The number of piperidine rings is 1. The molecule has 0 spiro atoms. The predicted molar refractivity (Wildman–Crippen MR) is 64.6 cm³/mol. The quantitative estimate of drug-likeness (QED) is 0.789. The second kappa shape index (κ2) is 5.36. The number of hydrogen-bond acceptors (Lipinski definition) is 3. The largest absolute Gasteiger partial charge is 0.393 e. The van der Waals surface area contributed by atoms with Crippen LogP contribution in [-0.2, 0) is 9.53 Å². The van der Waals surface area contributed by atoms with Gasteiger partial charge in [-0.25, -0.2) is 0 Å². The first-order valence-electron chi connectivity index (χ1n) is 6.70. The number of aliphatic hydroxyl groups excluding tert-OH is 1. The summed E-state index contributed by atoms with van der Waals surface area (Å²) in [5.41, 5.74) is 0. The average Bonchev–Trinajstić information content (AvgIpc) is 2.75. The van der Waals surface area contributed by atoms with Gasteiger partial charge in [-0.15, -0.1) is 0 Å². The molecule has 2 saturated heterocycles. The lowest BCUT2D eigenvalue weighted by Crippen LogP contribution is -2.47. The number of likely N-dealkylation sites (tertiary alicyclic amines) is 1. The van der Waals surface area contributed by atoms with E-state index in [2.05, 4.69) is 0 Å². The summed E-state index contributed by atoms with van der Waals surface area (Å²) in [6.07, 6.45) is 3.47. The van der Waals surface area contributed by atoms with Crippen LogP contribution in [0.5, 0.6) is 0 Å². The normalized spacial score (nSPS) is 35.9. The molecule has 0 aromatic rings. The fourth-order valence-electron chi connectivity index (χ4n) is 2.79. The minimum absolute atomic E-state index is 0.125. The maximum absolute atomic E-state index is 12.2. The zero-order valence-corrected chi connectivity index (χ0v) is 10.8. The Labute approximate surface area is 103 Å². The van der Waals surface area contributed by atoms with E-state index in [0.717, 1.165) is 32.2 Å². The Kier molecular flexibility index (Phi) is 4.05. The minimum atomic E-state index is -0.325. The molecule has 2 aliphatic rings. The van der Waals surface area contributed by atoms with Crippen molar-refractivity contribution in [3.05, 3.63) is 0 Å². The van der Waals surface area contributed by atoms with Crippen LogP contribution in [0.15, 0.2) is 0 Å². The Balaban J connectivity index is 1.90. The molecule has 2 aliphatic heterocycles. The van der Waals surface area contributed by atoms with Gasteiger partial charge in [-0.2, -0.15) is 0 Å². The van der Waals surface area contributed by atoms with Crippen LogP contribution in [0.2, 0.25) is 0 Å². The van der Waals surface area contributed by atoms with Gasteiger partial charge >= 0.3 is 0 Å². The lowest BCUT2D eigenvalue weighted by molar-refractivity contribution is -0.145. The SMILES string of the molecule is CC1CCC(C(=O)N2CCCC(C(C)O)C2)O1. The van der Waals surface area contributed by atoms with Gasteiger partial charge in [-0.1, -0.05) is 0 Å². The summed E-state index contributed by atoms with van der Waals surface area (Å²) >= 11 is 0. The van der Waals surface area contributed by atoms with Gasteiger partial charge in [0.1, 0.15) is 6.10 Å². The zero-order valence-electron chi connectivity index (χ0n) is 10.8. The highest BCUT2D eigenvalue weighted by molar-refractivity contribution is 5.81. The molecule has 0 aromatic carbocycles. The van der Waals surface area contributed by atoms with Crippen LogP contribution < -0.4 is 0 Å². The van der Waals surface area contributed by atoms with E-state index in [0.29, 0.717) is 6.54 Å². The van der Waals surface area contributed by atoms with Crippen molar-refractivity contribution in [1.29, 1.82) is 0 Å². The molecular weight excluding hydrogens is 218 g/mol. The van der Waals surface area contributed by atoms with Gasteiger partial charge in [-0.05, 0) is 39.5 Å². The number of rotatable bonds is 2. The van der Waals surface area contributed by atoms with Gasteiger partial charge in [-0.3, -0.25) is 4.79 Å². The van der Waals surface area contributed by atoms with Gasteiger partial charge in [0, 0.05) is 19.0 Å². The third-order valence-electron chi connectivity index (χ3n) is 3.96. The van der Waals surface area contributed by atoms with E-state index < -0.39 is 0 Å². The molecule has 4 nitrogen and oxygen atoms in total. The van der Waals surface area contributed by atoms with E-state index in [1.165, 1.54) is 0 Å². The Hall–Kier alpha value is -0.610. The lowest BCUT2D eigenvalue weighted by Gasteiger charge is -2.35. The maximum Gasteiger partial charge on any atom is 0.251 e. The van der Waals surface area contributed by atoms with Crippen LogP contribution in [0.25, 0.3) is 0 Å². The third kappa shape index (κ3) is 2.99. The van der Waals surface area contributed by atoms with Crippen LogP contribution in [0, 0.1) is 5.92 Å². The van der Waals surface area contributed by atoms with Gasteiger partial charge in [0.25, 0.3) is 5.91 Å². The number of aliphatic hydroxyl groups is 1. The van der Waals surface area contributed by atoms with Gasteiger partial charge < -0.3 is 14.7 Å². The first-order valence-corrected chi connectivity index (χ1v) is 6.70. The summed E-state index contributed by atoms with van der Waals surface area (Å²) in [5.74, 6) is 0.353. The van der Waals surface area contributed by atoms with Crippen molar-refractivity contribution in [3.63, 3.8) is 0 Å². The maximum atomic E-state index is 12.2. The van der Waals surface area contributed by atoms with Crippen molar-refractivity contribution in [2.24, 2.45) is 5.92 Å². The molecule has 0 aliphatic carbocycles. The van der Waals surface area contributed by atoms with Crippen LogP contribution in [0.1, 0.15) is 39.5 Å². The fourth-order valence-corrected chi connectivity index (χ4v) is 2.79. The number of ether oxygens (including phenoxy) is 1. The predicted octanol–water partition coefficient (Wildman–Crippen LogP) is 1.17. The molecule has 4 heteroatoms. The molecule has 0 radical (unpaired) electrons. The second-order valence-electron chi connectivity index (χ2n) is 5.44. The Morgan fingerprint density at radius 1 is 1.41 bits per heavy atom. The number of hydrogen-bond donors (Lipinski definition) is 1. The zero-order chi connectivity index (χ0) is 12.4. The number of carbonyl (C=O) groups excluding carboxylic acids is 1. The van der Waals surface area contributed by atoms with Crippen molar-refractivity contribution in [2.45, 2.75) is 57.8 Å². The van der Waals surface area contributed by atoms with Crippen molar-refractivity contribution in [1.82, 2.24) is 4.90 Å². The monoisotopic (exact) mass is 241 g/mol. The van der Waals surface area contributed by atoms with Crippen LogP contribution in [0.3, 0.4) is 0 Å². The van der Waals surface area contributed by atoms with Gasteiger partial charge in [0.15, 0.2) is 0 Å². The van der Waals surface area contributed by atoms with Crippen molar-refractivity contribution in [3.8, 4) is 0 Å². The van der Waals surface area contributed by atoms with E-state index in [9.17, 15) is 9.90 Å². The first-order chi connectivity index (χ1) is 8.08. The Morgan fingerprint density at radius 2 is 2.18 bits per heavy atom. The van der Waals surface area contributed by atoms with E-state index in [1.807, 2.05) is 18.7 Å². The van der Waals surface area contributed by atoms with Gasteiger partial charge in [0.05, 0.1) is 12.2 Å². The molecule has 0 bridgehead atoms. The molecule has 0 aromatic heterocycles. The number of carbonyl (C=O) groups is 1. The summed E-state index contributed by atoms with van der Waals surface area (Å²) < 4.78 is 5.62. The number of amides is 1. The molecule has 1 N–H and O–H groups in total. The lowest BCUT2D eigenvalue weighted by atomic mass is 9.93.